The van der Waals surface area contributed by atoms with Crippen molar-refractivity contribution in [3.63, 3.8) is 0 Å². The van der Waals surface area contributed by atoms with Crippen LogP contribution < -0.4 is 15.4 Å². The van der Waals surface area contributed by atoms with Gasteiger partial charge in [-0.05, 0) is 32.9 Å². The molecule has 156 valence electrons. The van der Waals surface area contributed by atoms with E-state index in [1.165, 1.54) is 0 Å². The zero-order valence-electron chi connectivity index (χ0n) is 15.2. The molecule has 8 heteroatoms. The Bertz CT molecular complexity index is 818. The van der Waals surface area contributed by atoms with E-state index in [0.29, 0.717) is 49.1 Å². The second-order valence-electron chi connectivity index (χ2n) is 6.14. The Morgan fingerprint density at radius 1 is 1.29 bits per heavy atom. The molecule has 0 bridgehead atoms. The average Bonchev–Trinajstić information content (AvgIpc) is 3.19. The minimum atomic E-state index is -0.391. The summed E-state index contributed by atoms with van der Waals surface area (Å²) in [6, 6.07) is 3.32. The van der Waals surface area contributed by atoms with Crippen LogP contribution in [0.2, 0.25) is 0 Å². The Kier molecular flexibility index (Phi) is 8.43. The highest BCUT2D eigenvalue weighted by Crippen LogP contribution is 2.22. The van der Waals surface area contributed by atoms with Crippen molar-refractivity contribution in [1.82, 2.24) is 20.0 Å². The number of imidazole rings is 1. The van der Waals surface area contributed by atoms with Crippen molar-refractivity contribution in [3.8, 4) is 5.75 Å². The van der Waals surface area contributed by atoms with E-state index in [2.05, 4.69) is 15.6 Å². The number of carbonyl (C=O) groups excluding carboxylic acids is 2. The van der Waals surface area contributed by atoms with Gasteiger partial charge in [0.2, 0.25) is 0 Å². The first-order valence-corrected chi connectivity index (χ1v) is 8.85. The number of fused-ring (bicyclic) bond motifs is 1. The van der Waals surface area contributed by atoms with E-state index in [9.17, 15) is 9.59 Å². The van der Waals surface area contributed by atoms with Crippen LogP contribution in [0, 0.1) is 12.8 Å². The standard InChI is InChI=1S/C18H24N4O4.2CH4/c1-4-25-14-7-6-8-22-15(11(3)20-16(14)22)17(23)21-13-10-19-9-12(13)18(24)26-5-2;;/h6-8,12-13,19H,4-5,9-10H2,1-3H3,(H,21,23);2*1H4. The number of esters is 1. The fraction of sp³-hybridized carbons (Fsp3) is 0.550. The highest BCUT2D eigenvalue weighted by atomic mass is 16.5. The molecule has 0 aliphatic carbocycles. The van der Waals surface area contributed by atoms with Gasteiger partial charge < -0.3 is 20.1 Å². The number of hydrogen-bond donors (Lipinski definition) is 2. The summed E-state index contributed by atoms with van der Waals surface area (Å²) in [6.07, 6.45) is 1.78. The molecule has 1 aliphatic heterocycles. The van der Waals surface area contributed by atoms with Crippen molar-refractivity contribution >= 4 is 17.5 Å². The van der Waals surface area contributed by atoms with Gasteiger partial charge in [-0.25, -0.2) is 4.98 Å². The SMILES string of the molecule is C.C.CCOC(=O)C1CNCC1NC(=O)c1c(C)nc2c(OCC)cccn12. The number of nitrogens with zero attached hydrogens (tertiary/aromatic N) is 2. The molecule has 1 fully saturated rings. The van der Waals surface area contributed by atoms with Gasteiger partial charge in [0.25, 0.3) is 5.91 Å². The van der Waals surface area contributed by atoms with Gasteiger partial charge in [0.1, 0.15) is 5.69 Å². The van der Waals surface area contributed by atoms with Gasteiger partial charge in [-0.1, -0.05) is 14.9 Å². The number of rotatable bonds is 6. The largest absolute Gasteiger partial charge is 0.490 e. The van der Waals surface area contributed by atoms with Gasteiger partial charge in [-0.3, -0.25) is 14.0 Å². The molecule has 0 spiro atoms. The molecular formula is C20H32N4O4. The predicted octanol–water partition coefficient (Wildman–Crippen LogP) is 2.19. The molecule has 28 heavy (non-hydrogen) atoms. The first-order valence-electron chi connectivity index (χ1n) is 8.85. The van der Waals surface area contributed by atoms with Gasteiger partial charge in [0.15, 0.2) is 11.4 Å². The molecular weight excluding hydrogens is 360 g/mol. The maximum atomic E-state index is 12.9. The maximum absolute atomic E-state index is 12.9. The highest BCUT2D eigenvalue weighted by Gasteiger charge is 2.36. The zero-order chi connectivity index (χ0) is 18.7. The maximum Gasteiger partial charge on any atom is 0.312 e. The van der Waals surface area contributed by atoms with Crippen LogP contribution in [0.1, 0.15) is 44.9 Å². The number of aryl methyl sites for hydroxylation is 1. The van der Waals surface area contributed by atoms with E-state index in [0.717, 1.165) is 0 Å². The van der Waals surface area contributed by atoms with Crippen molar-refractivity contribution in [1.29, 1.82) is 0 Å². The van der Waals surface area contributed by atoms with Crippen molar-refractivity contribution in [2.75, 3.05) is 26.3 Å². The Labute approximate surface area is 166 Å². The first-order chi connectivity index (χ1) is 12.6. The Morgan fingerprint density at radius 2 is 2.04 bits per heavy atom. The summed E-state index contributed by atoms with van der Waals surface area (Å²) in [7, 11) is 0. The van der Waals surface area contributed by atoms with Crippen molar-refractivity contribution < 1.29 is 19.1 Å². The van der Waals surface area contributed by atoms with Crippen LogP contribution in [0.15, 0.2) is 18.3 Å². The molecule has 1 saturated heterocycles. The second-order valence-corrected chi connectivity index (χ2v) is 6.14. The molecule has 2 unspecified atom stereocenters. The van der Waals surface area contributed by atoms with Gasteiger partial charge in [0, 0.05) is 19.3 Å². The third kappa shape index (κ3) is 4.44. The number of amides is 1. The third-order valence-electron chi connectivity index (χ3n) is 4.42. The molecule has 0 saturated carbocycles. The molecule has 1 aliphatic rings. The summed E-state index contributed by atoms with van der Waals surface area (Å²) in [4.78, 5) is 29.5. The van der Waals surface area contributed by atoms with Crippen LogP contribution >= 0.6 is 0 Å². The lowest BCUT2D eigenvalue weighted by Gasteiger charge is -2.18. The number of hydrogen-bond acceptors (Lipinski definition) is 6. The fourth-order valence-electron chi connectivity index (χ4n) is 3.26. The fourth-order valence-corrected chi connectivity index (χ4v) is 3.26. The van der Waals surface area contributed by atoms with Crippen molar-refractivity contribution in [2.45, 2.75) is 41.7 Å². The van der Waals surface area contributed by atoms with E-state index in [4.69, 9.17) is 9.47 Å². The Hall–Kier alpha value is -2.61. The van der Waals surface area contributed by atoms with Crippen LogP contribution in [0.25, 0.3) is 5.65 Å². The lowest BCUT2D eigenvalue weighted by atomic mass is 10.0. The van der Waals surface area contributed by atoms with Gasteiger partial charge >= 0.3 is 5.97 Å². The minimum Gasteiger partial charge on any atom is -0.490 e. The van der Waals surface area contributed by atoms with Crippen LogP contribution in [-0.4, -0.2) is 53.6 Å². The summed E-state index contributed by atoms with van der Waals surface area (Å²) in [6.45, 7) is 7.30. The Balaban J connectivity index is 0.00000196. The van der Waals surface area contributed by atoms with Crippen LogP contribution in [0.4, 0.5) is 0 Å². The van der Waals surface area contributed by atoms with Crippen LogP contribution in [0.5, 0.6) is 5.75 Å². The third-order valence-corrected chi connectivity index (χ3v) is 4.42. The first kappa shape index (κ1) is 23.4. The predicted molar refractivity (Wildman–Crippen MR) is 109 cm³/mol. The molecule has 0 aromatic carbocycles. The molecule has 0 radical (unpaired) electrons. The van der Waals surface area contributed by atoms with Gasteiger partial charge in [-0.15, -0.1) is 0 Å². The molecule has 3 rings (SSSR count). The Morgan fingerprint density at radius 3 is 2.71 bits per heavy atom. The molecule has 8 nitrogen and oxygen atoms in total. The van der Waals surface area contributed by atoms with Crippen molar-refractivity contribution in [2.24, 2.45) is 5.92 Å². The van der Waals surface area contributed by atoms with Crippen LogP contribution in [0.3, 0.4) is 0 Å². The molecule has 2 aromatic heterocycles. The lowest BCUT2D eigenvalue weighted by molar-refractivity contribution is -0.147. The monoisotopic (exact) mass is 392 g/mol. The van der Waals surface area contributed by atoms with E-state index in [-0.39, 0.29) is 32.8 Å². The van der Waals surface area contributed by atoms with E-state index in [1.54, 1.807) is 24.4 Å². The van der Waals surface area contributed by atoms with Crippen molar-refractivity contribution in [3.05, 3.63) is 29.7 Å². The van der Waals surface area contributed by atoms with E-state index in [1.807, 2.05) is 19.1 Å². The number of pyridine rings is 1. The summed E-state index contributed by atoms with van der Waals surface area (Å²) in [5.74, 6) is -0.329. The topological polar surface area (TPSA) is 94.0 Å². The average molecular weight is 393 g/mol. The molecule has 3 heterocycles. The van der Waals surface area contributed by atoms with Gasteiger partial charge in [-0.2, -0.15) is 0 Å². The summed E-state index contributed by atoms with van der Waals surface area (Å²) < 4.78 is 12.4. The van der Waals surface area contributed by atoms with E-state index < -0.39 is 5.92 Å². The van der Waals surface area contributed by atoms with E-state index >= 15 is 0 Å². The summed E-state index contributed by atoms with van der Waals surface area (Å²) >= 11 is 0. The second kappa shape index (κ2) is 10.1. The number of carbonyl (C=O) groups is 2. The normalized spacial score (nSPS) is 18.1. The van der Waals surface area contributed by atoms with Crippen LogP contribution in [-0.2, 0) is 9.53 Å². The van der Waals surface area contributed by atoms with Gasteiger partial charge in [0.05, 0.1) is 30.9 Å². The summed E-state index contributed by atoms with van der Waals surface area (Å²) in [5, 5.41) is 6.08. The lowest BCUT2D eigenvalue weighted by Crippen LogP contribution is -2.44. The summed E-state index contributed by atoms with van der Waals surface area (Å²) in [5.41, 5.74) is 1.65. The molecule has 2 aromatic rings. The zero-order valence-corrected chi connectivity index (χ0v) is 15.2. The quantitative estimate of drug-likeness (QED) is 0.732. The number of aromatic nitrogens is 2. The number of ether oxygens (including phenoxy) is 2. The molecule has 1 amide bonds. The minimum absolute atomic E-state index is 0. The highest BCUT2D eigenvalue weighted by molar-refractivity contribution is 5.95. The number of nitrogens with one attached hydrogen (secondary N) is 2. The molecule has 2 N–H and O–H groups in total. The molecule has 2 atom stereocenters. The smallest absolute Gasteiger partial charge is 0.312 e.